The number of carbonyl (C=O) groups excluding carboxylic acids is 1. The molecule has 0 bridgehead atoms. The van der Waals surface area contributed by atoms with Crippen LogP contribution in [-0.4, -0.2) is 28.0 Å². The fraction of sp³-hybridized carbons (Fsp3) is 0.0625. The van der Waals surface area contributed by atoms with Gasteiger partial charge in [0.25, 0.3) is 5.91 Å². The van der Waals surface area contributed by atoms with Crippen molar-refractivity contribution in [2.45, 2.75) is 0 Å². The first-order chi connectivity index (χ1) is 11.0. The lowest BCUT2D eigenvalue weighted by molar-refractivity contribution is -0.121. The molecule has 1 fully saturated rings. The third-order valence-corrected chi connectivity index (χ3v) is 4.49. The van der Waals surface area contributed by atoms with Crippen molar-refractivity contribution in [2.24, 2.45) is 4.99 Å². The summed E-state index contributed by atoms with van der Waals surface area (Å²) in [6.45, 7) is 0. The molecule has 116 valence electrons. The maximum Gasteiger partial charge on any atom is 0.266 e. The molecule has 1 aliphatic heterocycles. The Labute approximate surface area is 141 Å². The molecule has 1 aromatic heterocycles. The Morgan fingerprint density at radius 1 is 1.30 bits per heavy atom. The fourth-order valence-electron chi connectivity index (χ4n) is 1.92. The molecule has 4 nitrogen and oxygen atoms in total. The van der Waals surface area contributed by atoms with Crippen LogP contribution in [0.3, 0.4) is 0 Å². The largest absolute Gasteiger partial charge is 0.290 e. The monoisotopic (exact) mass is 347 g/mol. The summed E-state index contributed by atoms with van der Waals surface area (Å²) in [5, 5.41) is 0.939. The predicted molar refractivity (Wildman–Crippen MR) is 91.1 cm³/mol. The molecule has 3 rings (SSSR count). The summed E-state index contributed by atoms with van der Waals surface area (Å²) in [6, 6.07) is 7.61. The van der Waals surface area contributed by atoms with Gasteiger partial charge >= 0.3 is 0 Å². The Kier molecular flexibility index (Phi) is 4.45. The Bertz CT molecular complexity index is 820. The quantitative estimate of drug-likeness (QED) is 0.768. The lowest BCUT2D eigenvalue weighted by Gasteiger charge is -2.07. The highest BCUT2D eigenvalue weighted by Gasteiger charge is 2.30. The van der Waals surface area contributed by atoms with E-state index in [0.29, 0.717) is 20.8 Å². The molecule has 2 aromatic rings. The summed E-state index contributed by atoms with van der Waals surface area (Å²) in [6.07, 6.45) is 4.79. The van der Waals surface area contributed by atoms with E-state index in [0.717, 1.165) is 5.56 Å². The van der Waals surface area contributed by atoms with Crippen LogP contribution in [0.2, 0.25) is 5.02 Å². The summed E-state index contributed by atoms with van der Waals surface area (Å²) >= 11 is 7.28. The standard InChI is InChI=1S/C16H11ClFN3OS/c1-21-15(22)14(8-10-2-4-11(18)5-3-10)23-16(21)20-13-6-7-19-9-12(13)17/h2-9H,1H3/b14-8-,20-16?. The van der Waals surface area contributed by atoms with Crippen molar-refractivity contribution in [1.82, 2.24) is 9.88 Å². The number of carbonyl (C=O) groups is 1. The molecular formula is C16H11ClFN3OS. The van der Waals surface area contributed by atoms with E-state index in [-0.39, 0.29) is 11.7 Å². The second-order valence-electron chi connectivity index (χ2n) is 4.75. The number of amides is 1. The highest BCUT2D eigenvalue weighted by atomic mass is 35.5. The number of likely N-dealkylation sites (N-methyl/N-ethyl adjacent to an activating group) is 1. The SMILES string of the molecule is CN1C(=O)/C(=C/c2ccc(F)cc2)SC1=Nc1ccncc1Cl. The van der Waals surface area contributed by atoms with Gasteiger partial charge in [-0.1, -0.05) is 23.7 Å². The fourth-order valence-corrected chi connectivity index (χ4v) is 3.06. The number of hydrogen-bond donors (Lipinski definition) is 0. The topological polar surface area (TPSA) is 45.6 Å². The molecule has 0 saturated carbocycles. The lowest BCUT2D eigenvalue weighted by atomic mass is 10.2. The van der Waals surface area contributed by atoms with Gasteiger partial charge in [-0.25, -0.2) is 9.38 Å². The first-order valence-corrected chi connectivity index (χ1v) is 7.85. The Balaban J connectivity index is 1.91. The van der Waals surface area contributed by atoms with Gasteiger partial charge in [0, 0.05) is 19.4 Å². The van der Waals surface area contributed by atoms with E-state index in [1.807, 2.05) is 0 Å². The Hall–Kier alpha value is -2.18. The number of hydrogen-bond acceptors (Lipinski definition) is 4. The zero-order valence-electron chi connectivity index (χ0n) is 12.0. The smallest absolute Gasteiger partial charge is 0.266 e. The molecule has 23 heavy (non-hydrogen) atoms. The van der Waals surface area contributed by atoms with E-state index in [4.69, 9.17) is 11.6 Å². The van der Waals surface area contributed by atoms with Gasteiger partial charge in [0.1, 0.15) is 5.82 Å². The molecule has 1 amide bonds. The number of amidine groups is 1. The molecule has 0 aliphatic carbocycles. The van der Waals surface area contributed by atoms with Crippen molar-refractivity contribution < 1.29 is 9.18 Å². The predicted octanol–water partition coefficient (Wildman–Crippen LogP) is 4.11. The van der Waals surface area contributed by atoms with Crippen molar-refractivity contribution in [3.05, 3.63) is 64.0 Å². The number of thioether (sulfide) groups is 1. The van der Waals surface area contributed by atoms with Gasteiger partial charge in [0.15, 0.2) is 5.17 Å². The average Bonchev–Trinajstić information content (AvgIpc) is 2.80. The van der Waals surface area contributed by atoms with Gasteiger partial charge in [-0.05, 0) is 41.6 Å². The summed E-state index contributed by atoms with van der Waals surface area (Å²) in [5.41, 5.74) is 1.30. The van der Waals surface area contributed by atoms with Crippen LogP contribution in [0.15, 0.2) is 52.6 Å². The molecule has 0 N–H and O–H groups in total. The third kappa shape index (κ3) is 3.43. The normalized spacial score (nSPS) is 18.2. The maximum absolute atomic E-state index is 12.9. The molecule has 7 heteroatoms. The molecule has 0 atom stereocenters. The molecular weight excluding hydrogens is 337 g/mol. The summed E-state index contributed by atoms with van der Waals surface area (Å²) in [7, 11) is 1.65. The van der Waals surface area contributed by atoms with Crippen molar-refractivity contribution in [3.63, 3.8) is 0 Å². The third-order valence-electron chi connectivity index (χ3n) is 3.14. The minimum Gasteiger partial charge on any atom is -0.290 e. The first kappa shape index (κ1) is 15.7. The highest BCUT2D eigenvalue weighted by Crippen LogP contribution is 2.34. The molecule has 1 aromatic carbocycles. The number of pyridine rings is 1. The van der Waals surface area contributed by atoms with E-state index < -0.39 is 0 Å². The van der Waals surface area contributed by atoms with Crippen molar-refractivity contribution >= 4 is 46.2 Å². The molecule has 2 heterocycles. The summed E-state index contributed by atoms with van der Waals surface area (Å²) < 4.78 is 12.9. The lowest BCUT2D eigenvalue weighted by Crippen LogP contribution is -2.23. The number of halogens is 2. The van der Waals surface area contributed by atoms with Crippen LogP contribution in [0.1, 0.15) is 5.56 Å². The first-order valence-electron chi connectivity index (χ1n) is 6.66. The van der Waals surface area contributed by atoms with Gasteiger partial charge in [-0.2, -0.15) is 0 Å². The van der Waals surface area contributed by atoms with E-state index in [1.165, 1.54) is 35.0 Å². The van der Waals surface area contributed by atoms with Crippen LogP contribution < -0.4 is 0 Å². The van der Waals surface area contributed by atoms with E-state index >= 15 is 0 Å². The molecule has 1 saturated heterocycles. The van der Waals surface area contributed by atoms with E-state index in [9.17, 15) is 9.18 Å². The number of nitrogens with zero attached hydrogens (tertiary/aromatic N) is 3. The number of aliphatic imine (C=N–C) groups is 1. The second kappa shape index (κ2) is 6.52. The Morgan fingerprint density at radius 2 is 2.04 bits per heavy atom. The molecule has 1 aliphatic rings. The Morgan fingerprint density at radius 3 is 2.74 bits per heavy atom. The summed E-state index contributed by atoms with van der Waals surface area (Å²) in [4.78, 5) is 22.6. The van der Waals surface area contributed by atoms with E-state index in [1.54, 1.807) is 37.5 Å². The van der Waals surface area contributed by atoms with Crippen molar-refractivity contribution in [3.8, 4) is 0 Å². The zero-order valence-corrected chi connectivity index (χ0v) is 13.6. The van der Waals surface area contributed by atoms with Crippen molar-refractivity contribution in [2.75, 3.05) is 7.05 Å². The highest BCUT2D eigenvalue weighted by molar-refractivity contribution is 8.18. The van der Waals surface area contributed by atoms with Gasteiger partial charge in [0.2, 0.25) is 0 Å². The van der Waals surface area contributed by atoms with E-state index in [2.05, 4.69) is 9.98 Å². The van der Waals surface area contributed by atoms with Crippen LogP contribution in [0.4, 0.5) is 10.1 Å². The number of aromatic nitrogens is 1. The van der Waals surface area contributed by atoms with Crippen LogP contribution in [-0.2, 0) is 4.79 Å². The number of benzene rings is 1. The summed E-state index contributed by atoms with van der Waals surface area (Å²) in [5.74, 6) is -0.479. The molecule has 0 radical (unpaired) electrons. The van der Waals surface area contributed by atoms with Crippen LogP contribution >= 0.6 is 23.4 Å². The second-order valence-corrected chi connectivity index (χ2v) is 6.16. The van der Waals surface area contributed by atoms with Gasteiger partial charge in [0.05, 0.1) is 15.6 Å². The van der Waals surface area contributed by atoms with Crippen LogP contribution in [0, 0.1) is 5.82 Å². The van der Waals surface area contributed by atoms with Gasteiger partial charge < -0.3 is 0 Å². The molecule has 0 unspecified atom stereocenters. The van der Waals surface area contributed by atoms with Crippen molar-refractivity contribution in [1.29, 1.82) is 0 Å². The van der Waals surface area contributed by atoms with Crippen LogP contribution in [0.5, 0.6) is 0 Å². The number of rotatable bonds is 2. The van der Waals surface area contributed by atoms with Gasteiger partial charge in [-0.3, -0.25) is 14.7 Å². The minimum absolute atomic E-state index is 0.164. The maximum atomic E-state index is 12.9. The minimum atomic E-state index is -0.316. The average molecular weight is 348 g/mol. The van der Waals surface area contributed by atoms with Crippen LogP contribution in [0.25, 0.3) is 6.08 Å². The molecule has 0 spiro atoms. The zero-order chi connectivity index (χ0) is 16.4. The van der Waals surface area contributed by atoms with Gasteiger partial charge in [-0.15, -0.1) is 0 Å².